The van der Waals surface area contributed by atoms with E-state index in [1.54, 1.807) is 35.5 Å². The van der Waals surface area contributed by atoms with Gasteiger partial charge in [0.05, 0.1) is 39.7 Å². The Morgan fingerprint density at radius 2 is 1.74 bits per heavy atom. The van der Waals surface area contributed by atoms with Crippen molar-refractivity contribution in [2.75, 3.05) is 18.4 Å². The van der Waals surface area contributed by atoms with Crippen molar-refractivity contribution in [2.24, 2.45) is 5.92 Å². The third-order valence-electron chi connectivity index (χ3n) is 7.72. The molecule has 1 amide bonds. The first-order chi connectivity index (χ1) is 20.1. The van der Waals surface area contributed by atoms with Gasteiger partial charge in [0.15, 0.2) is 5.78 Å². The van der Waals surface area contributed by atoms with Crippen molar-refractivity contribution in [3.05, 3.63) is 65.6 Å². The Kier molecular flexibility index (Phi) is 7.30. The van der Waals surface area contributed by atoms with Crippen LogP contribution in [0.15, 0.2) is 55.0 Å². The summed E-state index contributed by atoms with van der Waals surface area (Å²) in [6, 6.07) is 11.1. The molecule has 218 valence electrons. The lowest BCUT2D eigenvalue weighted by atomic mass is 9.99. The van der Waals surface area contributed by atoms with Crippen LogP contribution in [-0.2, 0) is 4.74 Å². The highest BCUT2D eigenvalue weighted by Crippen LogP contribution is 2.39. The summed E-state index contributed by atoms with van der Waals surface area (Å²) < 4.78 is 7.46. The number of aromatic hydroxyl groups is 1. The summed E-state index contributed by atoms with van der Waals surface area (Å²) in [5.41, 5.74) is 3.98. The number of phenolic OH excluding ortho intramolecular Hbond substituents is 1. The van der Waals surface area contributed by atoms with E-state index in [1.807, 2.05) is 49.8 Å². The summed E-state index contributed by atoms with van der Waals surface area (Å²) in [5, 5.41) is 19.1. The third-order valence-corrected chi connectivity index (χ3v) is 8.03. The number of pyridine rings is 1. The highest BCUT2D eigenvalue weighted by Gasteiger charge is 2.33. The van der Waals surface area contributed by atoms with Crippen LogP contribution in [0.1, 0.15) is 62.9 Å². The summed E-state index contributed by atoms with van der Waals surface area (Å²) in [4.78, 5) is 32.2. The van der Waals surface area contributed by atoms with E-state index in [1.165, 1.54) is 0 Å². The maximum Gasteiger partial charge on any atom is 0.410 e. The second-order valence-electron chi connectivity index (χ2n) is 12.1. The molecular formula is C32H34ClN5O4. The van der Waals surface area contributed by atoms with Crippen LogP contribution >= 0.6 is 11.6 Å². The minimum absolute atomic E-state index is 0.0232. The number of Topliss-reactive ketones (excluding diaryl/α,β-unsaturated/α-hetero) is 1. The van der Waals surface area contributed by atoms with Gasteiger partial charge >= 0.3 is 6.09 Å². The molecule has 4 aromatic rings. The minimum atomic E-state index is -0.523. The Balaban J connectivity index is 1.27. The van der Waals surface area contributed by atoms with E-state index in [0.717, 1.165) is 53.4 Å². The lowest BCUT2D eigenvalue weighted by Gasteiger charge is -2.33. The number of ketones is 1. The number of nitrogens with one attached hydrogen (secondary N) is 1. The number of carbonyl (C=O) groups is 2. The van der Waals surface area contributed by atoms with Crippen molar-refractivity contribution in [2.45, 2.75) is 58.1 Å². The maximum absolute atomic E-state index is 13.3. The lowest BCUT2D eigenvalue weighted by molar-refractivity contribution is 0.0184. The Hall–Kier alpha value is -4.11. The molecule has 0 radical (unpaired) electrons. The predicted molar refractivity (Wildman–Crippen MR) is 162 cm³/mol. The van der Waals surface area contributed by atoms with E-state index in [2.05, 4.69) is 15.4 Å². The second kappa shape index (κ2) is 10.9. The second-order valence-corrected chi connectivity index (χ2v) is 12.5. The molecule has 1 aliphatic carbocycles. The van der Waals surface area contributed by atoms with E-state index in [0.29, 0.717) is 24.3 Å². The van der Waals surface area contributed by atoms with E-state index in [4.69, 9.17) is 16.3 Å². The molecule has 42 heavy (non-hydrogen) atoms. The van der Waals surface area contributed by atoms with Gasteiger partial charge in [0.1, 0.15) is 11.4 Å². The van der Waals surface area contributed by atoms with Crippen LogP contribution in [0.5, 0.6) is 5.75 Å². The monoisotopic (exact) mass is 587 g/mol. The average Bonchev–Trinajstić information content (AvgIpc) is 3.71. The van der Waals surface area contributed by atoms with Gasteiger partial charge < -0.3 is 20.1 Å². The standard InChI is InChI=1S/C32H34ClN5O4/c1-32(2,3)42-31(41)37-12-10-23(11-13-37)38-18-22(16-35-38)36-29-24-14-20(21-7-9-28(39)26(33)15-21)6-8-27(24)34-17-25(29)30(40)19-4-5-19/h6-9,14-19,23,39H,4-5,10-13H2,1-3H3,(H,34,36). The molecule has 1 saturated heterocycles. The molecule has 9 nitrogen and oxygen atoms in total. The molecule has 0 bridgehead atoms. The zero-order valence-corrected chi connectivity index (χ0v) is 24.7. The summed E-state index contributed by atoms with van der Waals surface area (Å²) in [6.45, 7) is 6.81. The summed E-state index contributed by atoms with van der Waals surface area (Å²) >= 11 is 6.19. The highest BCUT2D eigenvalue weighted by atomic mass is 35.5. The van der Waals surface area contributed by atoms with Crippen LogP contribution in [0.2, 0.25) is 5.02 Å². The van der Waals surface area contributed by atoms with Gasteiger partial charge in [-0.2, -0.15) is 5.10 Å². The largest absolute Gasteiger partial charge is 0.506 e. The van der Waals surface area contributed by atoms with Gasteiger partial charge in [0.25, 0.3) is 0 Å². The first kappa shape index (κ1) is 28.0. The summed E-state index contributed by atoms with van der Waals surface area (Å²) in [6.07, 6.45) is 8.42. The summed E-state index contributed by atoms with van der Waals surface area (Å²) in [7, 11) is 0. The number of benzene rings is 2. The van der Waals surface area contributed by atoms with Crippen LogP contribution < -0.4 is 5.32 Å². The van der Waals surface area contributed by atoms with Gasteiger partial charge in [-0.3, -0.25) is 14.5 Å². The topological polar surface area (TPSA) is 110 Å². The average molecular weight is 588 g/mol. The fourth-order valence-corrected chi connectivity index (χ4v) is 5.51. The smallest absolute Gasteiger partial charge is 0.410 e. The minimum Gasteiger partial charge on any atom is -0.506 e. The zero-order valence-electron chi connectivity index (χ0n) is 23.9. The number of aromatic nitrogens is 3. The van der Waals surface area contributed by atoms with Gasteiger partial charge in [-0.15, -0.1) is 0 Å². The van der Waals surface area contributed by atoms with Crippen LogP contribution in [0.4, 0.5) is 16.2 Å². The van der Waals surface area contributed by atoms with Crippen LogP contribution in [0.3, 0.4) is 0 Å². The lowest BCUT2D eigenvalue weighted by Crippen LogP contribution is -2.42. The molecule has 1 aliphatic heterocycles. The Bertz CT molecular complexity index is 1670. The predicted octanol–water partition coefficient (Wildman–Crippen LogP) is 7.37. The maximum atomic E-state index is 13.3. The van der Waals surface area contributed by atoms with Crippen LogP contribution in [0.25, 0.3) is 22.0 Å². The van der Waals surface area contributed by atoms with E-state index < -0.39 is 5.60 Å². The molecule has 1 saturated carbocycles. The molecule has 0 unspecified atom stereocenters. The SMILES string of the molecule is CC(C)(C)OC(=O)N1CCC(n2cc(Nc3c(C(=O)C4CC4)cnc4ccc(-c5ccc(O)c(Cl)c5)cc34)cn2)CC1. The van der Waals surface area contributed by atoms with Gasteiger partial charge in [-0.05, 0) is 81.8 Å². The van der Waals surface area contributed by atoms with E-state index >= 15 is 0 Å². The number of nitrogens with zero attached hydrogens (tertiary/aromatic N) is 4. The molecule has 2 aromatic heterocycles. The van der Waals surface area contributed by atoms with Crippen molar-refractivity contribution in [3.8, 4) is 16.9 Å². The number of hydrogen-bond donors (Lipinski definition) is 2. The van der Waals surface area contributed by atoms with Crippen LogP contribution in [0, 0.1) is 5.92 Å². The van der Waals surface area contributed by atoms with Crippen molar-refractivity contribution in [1.29, 1.82) is 0 Å². The molecule has 2 aliphatic rings. The molecular weight excluding hydrogens is 554 g/mol. The van der Waals surface area contributed by atoms with Crippen molar-refractivity contribution in [1.82, 2.24) is 19.7 Å². The molecule has 2 fully saturated rings. The third kappa shape index (κ3) is 5.92. The summed E-state index contributed by atoms with van der Waals surface area (Å²) in [5.74, 6) is 0.142. The fourth-order valence-electron chi connectivity index (χ4n) is 5.33. The highest BCUT2D eigenvalue weighted by molar-refractivity contribution is 6.32. The molecule has 2 N–H and O–H groups in total. The first-order valence-electron chi connectivity index (χ1n) is 14.3. The Morgan fingerprint density at radius 3 is 2.43 bits per heavy atom. The molecule has 0 spiro atoms. The number of ether oxygens (including phenoxy) is 1. The Morgan fingerprint density at radius 1 is 1.02 bits per heavy atom. The van der Waals surface area contributed by atoms with Crippen LogP contribution in [-0.4, -0.2) is 55.3 Å². The number of piperidine rings is 1. The van der Waals surface area contributed by atoms with Gasteiger partial charge in [-0.25, -0.2) is 4.79 Å². The number of likely N-dealkylation sites (tertiary alicyclic amines) is 1. The number of fused-ring (bicyclic) bond motifs is 1. The number of carbonyl (C=O) groups excluding carboxylic acids is 2. The van der Waals surface area contributed by atoms with Gasteiger partial charge in [-0.1, -0.05) is 23.7 Å². The number of hydrogen-bond acceptors (Lipinski definition) is 7. The number of amides is 1. The number of halogens is 1. The molecule has 2 aromatic carbocycles. The quantitative estimate of drug-likeness (QED) is 0.227. The first-order valence-corrected chi connectivity index (χ1v) is 14.7. The Labute approximate surface area is 249 Å². The number of phenols is 1. The van der Waals surface area contributed by atoms with Crippen molar-refractivity contribution in [3.63, 3.8) is 0 Å². The van der Waals surface area contributed by atoms with Crippen molar-refractivity contribution < 1.29 is 19.4 Å². The molecule has 0 atom stereocenters. The van der Waals surface area contributed by atoms with Crippen molar-refractivity contribution >= 4 is 45.8 Å². The molecule has 3 heterocycles. The van der Waals surface area contributed by atoms with E-state index in [9.17, 15) is 14.7 Å². The van der Waals surface area contributed by atoms with Gasteiger partial charge in [0, 0.05) is 36.8 Å². The van der Waals surface area contributed by atoms with Gasteiger partial charge in [0.2, 0.25) is 0 Å². The zero-order chi connectivity index (χ0) is 29.6. The molecule has 10 heteroatoms. The number of anilines is 2. The fraction of sp³-hybridized carbons (Fsp3) is 0.375. The normalized spacial score (nSPS) is 16.0. The number of rotatable bonds is 6. The molecule has 6 rings (SSSR count). The van der Waals surface area contributed by atoms with E-state index in [-0.39, 0.29) is 34.6 Å².